The van der Waals surface area contributed by atoms with Gasteiger partial charge in [-0.1, -0.05) is 90.2 Å². The fraction of sp³-hybridized carbons (Fsp3) is 0.704. The molecular formula is C27H44N2O2. The van der Waals surface area contributed by atoms with Crippen LogP contribution < -0.4 is 5.32 Å². The Morgan fingerprint density at radius 1 is 0.871 bits per heavy atom. The molecule has 1 N–H and O–H groups in total. The topological polar surface area (TPSA) is 49.4 Å². The van der Waals surface area contributed by atoms with E-state index >= 15 is 0 Å². The second-order valence-corrected chi connectivity index (χ2v) is 9.35. The zero-order chi connectivity index (χ0) is 22.3. The highest BCUT2D eigenvalue weighted by atomic mass is 16.2. The fourth-order valence-electron chi connectivity index (χ4n) is 4.32. The van der Waals surface area contributed by atoms with Crippen molar-refractivity contribution in [2.24, 2.45) is 5.92 Å². The first kappa shape index (κ1) is 25.4. The Morgan fingerprint density at radius 2 is 1.42 bits per heavy atom. The summed E-state index contributed by atoms with van der Waals surface area (Å²) in [6.07, 6.45) is 16.7. The van der Waals surface area contributed by atoms with Crippen LogP contribution in [-0.2, 0) is 4.79 Å². The molecule has 1 aliphatic rings. The summed E-state index contributed by atoms with van der Waals surface area (Å²) in [6, 6.07) is 7.43. The number of likely N-dealkylation sites (tertiary alicyclic amines) is 1. The Kier molecular flexibility index (Phi) is 12.3. The minimum absolute atomic E-state index is 0.0171. The summed E-state index contributed by atoms with van der Waals surface area (Å²) in [4.78, 5) is 27.3. The summed E-state index contributed by atoms with van der Waals surface area (Å²) in [6.45, 7) is 6.11. The first-order chi connectivity index (χ1) is 15.1. The third kappa shape index (κ3) is 9.88. The predicted octanol–water partition coefficient (Wildman–Crippen LogP) is 7.20. The van der Waals surface area contributed by atoms with Crippen LogP contribution in [0.15, 0.2) is 24.3 Å². The van der Waals surface area contributed by atoms with Gasteiger partial charge in [-0.3, -0.25) is 9.59 Å². The number of anilines is 1. The summed E-state index contributed by atoms with van der Waals surface area (Å²) in [7, 11) is 0. The number of amides is 2. The molecule has 2 rings (SSSR count). The maximum Gasteiger partial charge on any atom is 0.255 e. The lowest BCUT2D eigenvalue weighted by Crippen LogP contribution is -2.38. The number of hydrogen-bond acceptors (Lipinski definition) is 2. The number of carbonyl (C=O) groups is 2. The van der Waals surface area contributed by atoms with Gasteiger partial charge in [0.15, 0.2) is 0 Å². The van der Waals surface area contributed by atoms with Crippen LogP contribution in [0.2, 0.25) is 0 Å². The molecule has 1 heterocycles. The number of nitrogens with one attached hydrogen (secondary N) is 1. The molecule has 174 valence electrons. The van der Waals surface area contributed by atoms with Gasteiger partial charge in [-0.2, -0.15) is 0 Å². The highest BCUT2D eigenvalue weighted by Crippen LogP contribution is 2.22. The molecular weight excluding hydrogens is 384 g/mol. The maximum absolute atomic E-state index is 12.9. The minimum atomic E-state index is 0.0171. The Morgan fingerprint density at radius 3 is 2.03 bits per heavy atom. The smallest absolute Gasteiger partial charge is 0.255 e. The van der Waals surface area contributed by atoms with E-state index in [9.17, 15) is 9.59 Å². The number of benzene rings is 1. The summed E-state index contributed by atoms with van der Waals surface area (Å²) in [5.41, 5.74) is 1.27. The summed E-state index contributed by atoms with van der Waals surface area (Å²) < 4.78 is 0. The molecule has 1 aromatic carbocycles. The first-order valence-electron chi connectivity index (χ1n) is 12.8. The molecule has 0 spiro atoms. The zero-order valence-corrected chi connectivity index (χ0v) is 20.0. The number of nitrogens with zero attached hydrogens (tertiary/aromatic N) is 1. The molecule has 4 nitrogen and oxygen atoms in total. The molecule has 31 heavy (non-hydrogen) atoms. The van der Waals surface area contributed by atoms with Gasteiger partial charge in [0.05, 0.1) is 11.3 Å². The summed E-state index contributed by atoms with van der Waals surface area (Å²) in [5.74, 6) is 0.741. The van der Waals surface area contributed by atoms with E-state index in [1.54, 1.807) is 0 Å². The Labute approximate surface area is 190 Å². The molecule has 0 atom stereocenters. The Balaban J connectivity index is 1.63. The molecule has 4 heteroatoms. The van der Waals surface area contributed by atoms with Gasteiger partial charge in [-0.05, 0) is 37.3 Å². The van der Waals surface area contributed by atoms with Gasteiger partial charge in [0.25, 0.3) is 5.91 Å². The molecule has 1 fully saturated rings. The van der Waals surface area contributed by atoms with Gasteiger partial charge in [0.1, 0.15) is 0 Å². The Hall–Kier alpha value is -1.84. The standard InChI is InChI=1S/C27H44N2O2/c1-3-4-5-6-7-8-9-10-11-12-13-18-26(30)28-25-17-15-14-16-24(25)27(31)29-21-19-23(2)20-22-29/h14-17,23H,3-13,18-22H2,1-2H3,(H,28,30). The van der Waals surface area contributed by atoms with Gasteiger partial charge >= 0.3 is 0 Å². The van der Waals surface area contributed by atoms with Crippen LogP contribution in [0.25, 0.3) is 0 Å². The molecule has 0 saturated carbocycles. The predicted molar refractivity (Wildman–Crippen MR) is 130 cm³/mol. The van der Waals surface area contributed by atoms with Crippen molar-refractivity contribution in [2.75, 3.05) is 18.4 Å². The van der Waals surface area contributed by atoms with E-state index in [4.69, 9.17) is 0 Å². The first-order valence-corrected chi connectivity index (χ1v) is 12.8. The second-order valence-electron chi connectivity index (χ2n) is 9.35. The van der Waals surface area contributed by atoms with Crippen molar-refractivity contribution in [1.29, 1.82) is 0 Å². The molecule has 0 unspecified atom stereocenters. The number of carbonyl (C=O) groups excluding carboxylic acids is 2. The Bertz CT molecular complexity index is 650. The van der Waals surface area contributed by atoms with E-state index in [1.807, 2.05) is 29.2 Å². The van der Waals surface area contributed by atoms with Crippen LogP contribution in [0.1, 0.15) is 114 Å². The van der Waals surface area contributed by atoms with Gasteiger partial charge in [0.2, 0.25) is 5.91 Å². The lowest BCUT2D eigenvalue weighted by molar-refractivity contribution is -0.116. The lowest BCUT2D eigenvalue weighted by Gasteiger charge is -2.30. The van der Waals surface area contributed by atoms with Crippen molar-refractivity contribution in [3.63, 3.8) is 0 Å². The van der Waals surface area contributed by atoms with E-state index in [0.717, 1.165) is 38.8 Å². The summed E-state index contributed by atoms with van der Waals surface area (Å²) in [5, 5.41) is 2.99. The highest BCUT2D eigenvalue weighted by Gasteiger charge is 2.23. The number of unbranched alkanes of at least 4 members (excludes halogenated alkanes) is 10. The highest BCUT2D eigenvalue weighted by molar-refractivity contribution is 6.03. The largest absolute Gasteiger partial charge is 0.339 e. The molecule has 0 aliphatic carbocycles. The van der Waals surface area contributed by atoms with Crippen LogP contribution >= 0.6 is 0 Å². The normalized spacial score (nSPS) is 14.6. The van der Waals surface area contributed by atoms with Crippen LogP contribution in [-0.4, -0.2) is 29.8 Å². The number of para-hydroxylation sites is 1. The van der Waals surface area contributed by atoms with Gasteiger partial charge in [-0.15, -0.1) is 0 Å². The SMILES string of the molecule is CCCCCCCCCCCCCC(=O)Nc1ccccc1C(=O)N1CCC(C)CC1. The van der Waals surface area contributed by atoms with Crippen molar-refractivity contribution in [2.45, 2.75) is 104 Å². The van der Waals surface area contributed by atoms with Crippen LogP contribution in [0, 0.1) is 5.92 Å². The fourth-order valence-corrected chi connectivity index (χ4v) is 4.32. The van der Waals surface area contributed by atoms with E-state index in [2.05, 4.69) is 19.2 Å². The van der Waals surface area contributed by atoms with E-state index in [1.165, 1.54) is 57.8 Å². The van der Waals surface area contributed by atoms with Crippen molar-refractivity contribution in [3.05, 3.63) is 29.8 Å². The third-order valence-electron chi connectivity index (χ3n) is 6.51. The van der Waals surface area contributed by atoms with Crippen LogP contribution in [0.4, 0.5) is 5.69 Å². The van der Waals surface area contributed by atoms with Gasteiger partial charge < -0.3 is 10.2 Å². The summed E-state index contributed by atoms with van der Waals surface area (Å²) >= 11 is 0. The van der Waals surface area contributed by atoms with E-state index in [0.29, 0.717) is 23.6 Å². The van der Waals surface area contributed by atoms with Crippen LogP contribution in [0.5, 0.6) is 0 Å². The van der Waals surface area contributed by atoms with Crippen molar-refractivity contribution < 1.29 is 9.59 Å². The monoisotopic (exact) mass is 428 g/mol. The van der Waals surface area contributed by atoms with Crippen molar-refractivity contribution in [3.8, 4) is 0 Å². The average Bonchev–Trinajstić information content (AvgIpc) is 2.78. The molecule has 0 aromatic heterocycles. The molecule has 1 aromatic rings. The molecule has 1 saturated heterocycles. The quantitative estimate of drug-likeness (QED) is 0.319. The number of rotatable bonds is 14. The zero-order valence-electron chi connectivity index (χ0n) is 20.0. The average molecular weight is 429 g/mol. The lowest BCUT2D eigenvalue weighted by atomic mass is 9.98. The van der Waals surface area contributed by atoms with Crippen LogP contribution in [0.3, 0.4) is 0 Å². The van der Waals surface area contributed by atoms with Crippen molar-refractivity contribution >= 4 is 17.5 Å². The van der Waals surface area contributed by atoms with E-state index in [-0.39, 0.29) is 11.8 Å². The number of hydrogen-bond donors (Lipinski definition) is 1. The van der Waals surface area contributed by atoms with Gasteiger partial charge in [-0.25, -0.2) is 0 Å². The maximum atomic E-state index is 12.9. The third-order valence-corrected chi connectivity index (χ3v) is 6.51. The van der Waals surface area contributed by atoms with E-state index < -0.39 is 0 Å². The second kappa shape index (κ2) is 15.0. The molecule has 2 amide bonds. The molecule has 1 aliphatic heterocycles. The van der Waals surface area contributed by atoms with Crippen molar-refractivity contribution in [1.82, 2.24) is 4.90 Å². The molecule has 0 radical (unpaired) electrons. The van der Waals surface area contributed by atoms with Gasteiger partial charge in [0, 0.05) is 19.5 Å². The minimum Gasteiger partial charge on any atom is -0.339 e. The number of piperidine rings is 1. The molecule has 0 bridgehead atoms.